The Morgan fingerprint density at radius 2 is 1.70 bits per heavy atom. The minimum atomic E-state index is -4.06. The fourth-order valence-electron chi connectivity index (χ4n) is 3.97. The van der Waals surface area contributed by atoms with Gasteiger partial charge in [0.2, 0.25) is 0 Å². The van der Waals surface area contributed by atoms with Crippen LogP contribution in [0.5, 0.6) is 17.2 Å². The molecule has 4 aromatic carbocycles. The predicted molar refractivity (Wildman–Crippen MR) is 171 cm³/mol. The molecule has 9 nitrogen and oxygen atoms in total. The Kier molecular flexibility index (Phi) is 11.0. The number of hydrazone groups is 1. The number of nitrogens with zero attached hydrogens (tertiary/aromatic N) is 2. The van der Waals surface area contributed by atoms with Crippen molar-refractivity contribution in [3.05, 3.63) is 112 Å². The van der Waals surface area contributed by atoms with Gasteiger partial charge in [-0.25, -0.2) is 13.8 Å². The maximum atomic E-state index is 13.5. The monoisotopic (exact) mass is 685 g/mol. The molecule has 224 valence electrons. The second-order valence-electron chi connectivity index (χ2n) is 8.96. The van der Waals surface area contributed by atoms with Crippen LogP contribution in [0.1, 0.15) is 18.1 Å². The van der Waals surface area contributed by atoms with Crippen LogP contribution in [-0.4, -0.2) is 40.8 Å². The lowest BCUT2D eigenvalue weighted by Gasteiger charge is -2.24. The van der Waals surface area contributed by atoms with Crippen molar-refractivity contribution in [2.75, 3.05) is 24.6 Å². The largest absolute Gasteiger partial charge is 0.494 e. The first-order valence-corrected chi connectivity index (χ1v) is 15.7. The number of halogens is 2. The van der Waals surface area contributed by atoms with Crippen LogP contribution in [-0.2, 0) is 21.4 Å². The molecule has 0 radical (unpaired) electrons. The van der Waals surface area contributed by atoms with E-state index in [1.165, 1.54) is 25.5 Å². The first kappa shape index (κ1) is 31.9. The smallest absolute Gasteiger partial charge is 0.264 e. The number of sulfonamides is 1. The molecule has 0 aromatic heterocycles. The first-order valence-electron chi connectivity index (χ1n) is 13.1. The van der Waals surface area contributed by atoms with E-state index in [1.54, 1.807) is 60.7 Å². The van der Waals surface area contributed by atoms with Crippen LogP contribution >= 0.6 is 27.5 Å². The van der Waals surface area contributed by atoms with Crippen molar-refractivity contribution in [2.24, 2.45) is 5.10 Å². The Morgan fingerprint density at radius 1 is 1.00 bits per heavy atom. The minimum absolute atomic E-state index is 0.0500. The van der Waals surface area contributed by atoms with Gasteiger partial charge in [0.05, 0.1) is 35.0 Å². The zero-order valence-electron chi connectivity index (χ0n) is 23.4. The number of anilines is 1. The van der Waals surface area contributed by atoms with Crippen molar-refractivity contribution < 1.29 is 27.4 Å². The summed E-state index contributed by atoms with van der Waals surface area (Å²) in [7, 11) is -2.55. The molecule has 0 heterocycles. The van der Waals surface area contributed by atoms with Crippen molar-refractivity contribution in [2.45, 2.75) is 18.4 Å². The normalized spacial score (nSPS) is 11.3. The van der Waals surface area contributed by atoms with E-state index >= 15 is 0 Å². The third kappa shape index (κ3) is 8.28. The average molecular weight is 687 g/mol. The molecule has 0 spiro atoms. The summed E-state index contributed by atoms with van der Waals surface area (Å²) >= 11 is 9.74. The van der Waals surface area contributed by atoms with Gasteiger partial charge in [-0.05, 0) is 83.0 Å². The van der Waals surface area contributed by atoms with Gasteiger partial charge in [-0.1, -0.05) is 48.0 Å². The van der Waals surface area contributed by atoms with Crippen LogP contribution in [0.15, 0.2) is 105 Å². The van der Waals surface area contributed by atoms with Crippen molar-refractivity contribution in [3.63, 3.8) is 0 Å². The summed E-state index contributed by atoms with van der Waals surface area (Å²) in [6.07, 6.45) is 1.41. The summed E-state index contributed by atoms with van der Waals surface area (Å²) in [4.78, 5) is 13.0. The maximum Gasteiger partial charge on any atom is 0.264 e. The van der Waals surface area contributed by atoms with E-state index in [1.807, 2.05) is 25.1 Å². The molecular formula is C31H29BrClN3O6S. The zero-order valence-corrected chi connectivity index (χ0v) is 26.5. The van der Waals surface area contributed by atoms with Crippen LogP contribution in [0.3, 0.4) is 0 Å². The molecule has 43 heavy (non-hydrogen) atoms. The summed E-state index contributed by atoms with van der Waals surface area (Å²) in [5, 5.41) is 4.62. The molecule has 0 atom stereocenters. The topological polar surface area (TPSA) is 107 Å². The van der Waals surface area contributed by atoms with E-state index in [4.69, 9.17) is 25.8 Å². The number of methoxy groups -OCH3 is 1. The Morgan fingerprint density at radius 3 is 2.37 bits per heavy atom. The number of benzene rings is 4. The number of hydrogen-bond donors (Lipinski definition) is 1. The van der Waals surface area contributed by atoms with Gasteiger partial charge in [0.25, 0.3) is 15.9 Å². The summed E-state index contributed by atoms with van der Waals surface area (Å²) in [6, 6.07) is 25.2. The molecule has 4 rings (SSSR count). The quantitative estimate of drug-likeness (QED) is 0.128. The summed E-state index contributed by atoms with van der Waals surface area (Å²) in [5.41, 5.74) is 4.12. The fraction of sp³-hybridized carbons (Fsp3) is 0.161. The van der Waals surface area contributed by atoms with Crippen molar-refractivity contribution in [3.8, 4) is 17.2 Å². The van der Waals surface area contributed by atoms with Crippen LogP contribution in [0.25, 0.3) is 0 Å². The van der Waals surface area contributed by atoms with E-state index < -0.39 is 22.5 Å². The fourth-order valence-corrected chi connectivity index (χ4v) is 6.18. The third-order valence-electron chi connectivity index (χ3n) is 6.04. The molecule has 0 aliphatic rings. The Hall–Kier alpha value is -4.06. The molecule has 0 aliphatic carbocycles. The van der Waals surface area contributed by atoms with Crippen molar-refractivity contribution >= 4 is 55.4 Å². The van der Waals surface area contributed by atoms with E-state index in [-0.39, 0.29) is 11.5 Å². The van der Waals surface area contributed by atoms with Crippen LogP contribution in [0.2, 0.25) is 5.02 Å². The molecule has 0 saturated heterocycles. The van der Waals surface area contributed by atoms with Gasteiger partial charge in [-0.2, -0.15) is 5.10 Å². The lowest BCUT2D eigenvalue weighted by Crippen LogP contribution is -2.39. The number of carbonyl (C=O) groups is 1. The van der Waals surface area contributed by atoms with Gasteiger partial charge in [-0.15, -0.1) is 0 Å². The molecule has 0 fully saturated rings. The molecule has 1 amide bonds. The number of carbonyl (C=O) groups excluding carboxylic acids is 1. The van der Waals surface area contributed by atoms with E-state index in [9.17, 15) is 13.2 Å². The number of amides is 1. The summed E-state index contributed by atoms with van der Waals surface area (Å²) in [6.45, 7) is 2.04. The molecule has 0 aliphatic heterocycles. The zero-order chi connectivity index (χ0) is 30.8. The third-order valence-corrected chi connectivity index (χ3v) is 8.78. The Balaban J connectivity index is 1.49. The van der Waals surface area contributed by atoms with E-state index in [0.29, 0.717) is 44.6 Å². The van der Waals surface area contributed by atoms with Gasteiger partial charge >= 0.3 is 0 Å². The predicted octanol–water partition coefficient (Wildman–Crippen LogP) is 6.43. The second-order valence-corrected chi connectivity index (χ2v) is 12.1. The SMILES string of the molecule is CCOc1ccc(N(CC(=O)N/N=C\c2cc(Br)c(OCc3ccccc3Cl)c(OC)c2)S(=O)(=O)c2ccccc2)cc1. The highest BCUT2D eigenvalue weighted by molar-refractivity contribution is 9.10. The highest BCUT2D eigenvalue weighted by atomic mass is 79.9. The molecule has 0 unspecified atom stereocenters. The number of ether oxygens (including phenoxy) is 3. The molecule has 0 bridgehead atoms. The molecular weight excluding hydrogens is 658 g/mol. The highest BCUT2D eigenvalue weighted by Crippen LogP contribution is 2.37. The van der Waals surface area contributed by atoms with Gasteiger partial charge < -0.3 is 14.2 Å². The lowest BCUT2D eigenvalue weighted by molar-refractivity contribution is -0.119. The molecule has 0 saturated carbocycles. The van der Waals surface area contributed by atoms with Crippen molar-refractivity contribution in [1.29, 1.82) is 0 Å². The number of hydrogen-bond acceptors (Lipinski definition) is 7. The molecule has 4 aromatic rings. The average Bonchev–Trinajstić information content (AvgIpc) is 3.01. The van der Waals surface area contributed by atoms with E-state index in [2.05, 4.69) is 26.5 Å². The number of rotatable bonds is 13. The molecule has 12 heteroatoms. The van der Waals surface area contributed by atoms with Gasteiger partial charge in [-0.3, -0.25) is 9.10 Å². The van der Waals surface area contributed by atoms with Gasteiger partial charge in [0.15, 0.2) is 11.5 Å². The Bertz CT molecular complexity index is 1690. The van der Waals surface area contributed by atoms with E-state index in [0.717, 1.165) is 9.87 Å². The minimum Gasteiger partial charge on any atom is -0.494 e. The van der Waals surface area contributed by atoms with Gasteiger partial charge in [0, 0.05) is 10.6 Å². The highest BCUT2D eigenvalue weighted by Gasteiger charge is 2.27. The molecule has 1 N–H and O–H groups in total. The summed E-state index contributed by atoms with van der Waals surface area (Å²) < 4.78 is 45.6. The van der Waals surface area contributed by atoms with Crippen molar-refractivity contribution in [1.82, 2.24) is 5.43 Å². The van der Waals surface area contributed by atoms with Crippen LogP contribution in [0, 0.1) is 0 Å². The van der Waals surface area contributed by atoms with Crippen LogP contribution in [0.4, 0.5) is 5.69 Å². The maximum absolute atomic E-state index is 13.5. The number of nitrogens with one attached hydrogen (secondary N) is 1. The lowest BCUT2D eigenvalue weighted by atomic mass is 10.2. The second kappa shape index (κ2) is 14.9. The summed E-state index contributed by atoms with van der Waals surface area (Å²) in [5.74, 6) is 0.847. The standard InChI is InChI=1S/C31H29BrClN3O6S/c1-3-41-25-15-13-24(14-16-25)36(43(38,39)26-10-5-4-6-11-26)20-30(37)35-34-19-22-17-27(32)31(29(18-22)40-2)42-21-23-9-7-8-12-28(23)33/h4-19H,3,20-21H2,1-2H3,(H,35,37)/b34-19-. The van der Waals surface area contributed by atoms with Crippen LogP contribution < -0.4 is 23.9 Å². The van der Waals surface area contributed by atoms with Gasteiger partial charge in [0.1, 0.15) is 18.9 Å². The first-order chi connectivity index (χ1) is 20.7. The Labute approximate surface area is 264 Å².